The van der Waals surface area contributed by atoms with Gasteiger partial charge in [0.15, 0.2) is 5.82 Å². The molecule has 36 heavy (non-hydrogen) atoms. The molecule has 1 amide bonds. The number of hydrogen-bond acceptors (Lipinski definition) is 4. The predicted octanol–water partition coefficient (Wildman–Crippen LogP) is 7.14. The Morgan fingerprint density at radius 1 is 1.06 bits per heavy atom. The number of anilines is 1. The highest BCUT2D eigenvalue weighted by atomic mass is 19.4. The second-order valence-corrected chi connectivity index (χ2v) is 10.5. The molecule has 0 saturated heterocycles. The lowest BCUT2D eigenvalue weighted by Gasteiger charge is -2.22. The van der Waals surface area contributed by atoms with Gasteiger partial charge in [0.25, 0.3) is 0 Å². The summed E-state index contributed by atoms with van der Waals surface area (Å²) >= 11 is 0. The molecule has 6 nitrogen and oxygen atoms in total. The first-order chi connectivity index (χ1) is 16.7. The van der Waals surface area contributed by atoms with Gasteiger partial charge in [0.2, 0.25) is 5.91 Å². The van der Waals surface area contributed by atoms with Crippen LogP contribution in [0.15, 0.2) is 48.5 Å². The minimum absolute atomic E-state index is 0.0580. The summed E-state index contributed by atoms with van der Waals surface area (Å²) in [6.45, 7) is 12.1. The molecule has 0 spiro atoms. The SMILES string of the molecule is CC(C)Oc1nc(-c2cccc(C(F)(F)F)c2)n(-c2ccc(NC(=O)C[C@H](C)CC(C)(C)C)cc2)n1. The van der Waals surface area contributed by atoms with E-state index in [2.05, 4.69) is 43.1 Å². The number of rotatable bonds is 8. The molecule has 0 unspecified atom stereocenters. The number of amides is 1. The topological polar surface area (TPSA) is 69.0 Å². The van der Waals surface area contributed by atoms with E-state index in [1.54, 1.807) is 30.3 Å². The van der Waals surface area contributed by atoms with E-state index < -0.39 is 11.7 Å². The van der Waals surface area contributed by atoms with Crippen LogP contribution in [0, 0.1) is 11.3 Å². The van der Waals surface area contributed by atoms with E-state index in [-0.39, 0.29) is 40.7 Å². The lowest BCUT2D eigenvalue weighted by atomic mass is 9.84. The van der Waals surface area contributed by atoms with Crippen molar-refractivity contribution >= 4 is 11.6 Å². The van der Waals surface area contributed by atoms with E-state index in [4.69, 9.17) is 4.74 Å². The van der Waals surface area contributed by atoms with Crippen molar-refractivity contribution in [3.63, 3.8) is 0 Å². The first-order valence-corrected chi connectivity index (χ1v) is 11.9. The van der Waals surface area contributed by atoms with Gasteiger partial charge in [-0.15, -0.1) is 5.10 Å². The molecule has 0 saturated carbocycles. The van der Waals surface area contributed by atoms with Gasteiger partial charge in [-0.05, 0) is 68.0 Å². The van der Waals surface area contributed by atoms with Crippen molar-refractivity contribution in [2.24, 2.45) is 11.3 Å². The Kier molecular flexibility index (Phi) is 8.11. The highest BCUT2D eigenvalue weighted by Gasteiger charge is 2.31. The molecule has 3 aromatic rings. The first-order valence-electron chi connectivity index (χ1n) is 11.9. The number of carbonyl (C=O) groups excluding carboxylic acids is 1. The van der Waals surface area contributed by atoms with Gasteiger partial charge in [0, 0.05) is 17.7 Å². The quantitative estimate of drug-likeness (QED) is 0.355. The van der Waals surface area contributed by atoms with Crippen molar-refractivity contribution < 1.29 is 22.7 Å². The van der Waals surface area contributed by atoms with Crippen LogP contribution in [0.5, 0.6) is 6.01 Å². The smallest absolute Gasteiger partial charge is 0.416 e. The Bertz CT molecular complexity index is 1180. The Labute approximate surface area is 209 Å². The largest absolute Gasteiger partial charge is 0.460 e. The molecular formula is C27H33F3N4O2. The number of halogens is 3. The number of aromatic nitrogens is 3. The van der Waals surface area contributed by atoms with Gasteiger partial charge in [0.05, 0.1) is 17.4 Å². The van der Waals surface area contributed by atoms with Crippen LogP contribution < -0.4 is 10.1 Å². The molecule has 0 aliphatic rings. The molecule has 3 rings (SSSR count). The van der Waals surface area contributed by atoms with Gasteiger partial charge < -0.3 is 10.1 Å². The second kappa shape index (κ2) is 10.7. The normalized spacial score (nSPS) is 13.1. The summed E-state index contributed by atoms with van der Waals surface area (Å²) in [4.78, 5) is 16.8. The average Bonchev–Trinajstić information content (AvgIpc) is 3.15. The van der Waals surface area contributed by atoms with Crippen molar-refractivity contribution in [3.05, 3.63) is 54.1 Å². The number of ether oxygens (including phenoxy) is 1. The predicted molar refractivity (Wildman–Crippen MR) is 134 cm³/mol. The molecule has 1 atom stereocenters. The Morgan fingerprint density at radius 3 is 2.31 bits per heavy atom. The number of nitrogens with zero attached hydrogens (tertiary/aromatic N) is 3. The second-order valence-electron chi connectivity index (χ2n) is 10.5. The van der Waals surface area contributed by atoms with Crippen LogP contribution in [0.25, 0.3) is 17.1 Å². The number of alkyl halides is 3. The van der Waals surface area contributed by atoms with Gasteiger partial charge in [-0.25, -0.2) is 4.68 Å². The summed E-state index contributed by atoms with van der Waals surface area (Å²) in [6.07, 6.45) is -3.35. The van der Waals surface area contributed by atoms with Crippen molar-refractivity contribution in [1.82, 2.24) is 14.8 Å². The zero-order chi connectivity index (χ0) is 26.7. The molecule has 1 N–H and O–H groups in total. The third kappa shape index (κ3) is 7.57. The summed E-state index contributed by atoms with van der Waals surface area (Å²) in [5.74, 6) is 0.385. The van der Waals surface area contributed by atoms with E-state index in [1.165, 1.54) is 10.7 Å². The molecule has 1 aromatic heterocycles. The highest BCUT2D eigenvalue weighted by Crippen LogP contribution is 2.33. The third-order valence-electron chi connectivity index (χ3n) is 5.27. The summed E-state index contributed by atoms with van der Waals surface area (Å²) in [7, 11) is 0. The van der Waals surface area contributed by atoms with E-state index in [0.717, 1.165) is 18.6 Å². The first kappa shape index (κ1) is 27.2. The molecule has 0 bridgehead atoms. The molecule has 0 aliphatic heterocycles. The maximum absolute atomic E-state index is 13.3. The van der Waals surface area contributed by atoms with Gasteiger partial charge >= 0.3 is 12.2 Å². The molecule has 194 valence electrons. The van der Waals surface area contributed by atoms with Crippen LogP contribution in [0.2, 0.25) is 0 Å². The van der Waals surface area contributed by atoms with Gasteiger partial charge in [-0.1, -0.05) is 39.8 Å². The molecule has 0 fully saturated rings. The monoisotopic (exact) mass is 502 g/mol. The Morgan fingerprint density at radius 2 is 1.72 bits per heavy atom. The van der Waals surface area contributed by atoms with Crippen LogP contribution in [-0.4, -0.2) is 26.8 Å². The zero-order valence-corrected chi connectivity index (χ0v) is 21.5. The van der Waals surface area contributed by atoms with Crippen molar-refractivity contribution in [2.45, 2.75) is 66.7 Å². The maximum atomic E-state index is 13.3. The van der Waals surface area contributed by atoms with Crippen LogP contribution >= 0.6 is 0 Å². The molecule has 1 heterocycles. The van der Waals surface area contributed by atoms with Crippen LogP contribution in [-0.2, 0) is 11.0 Å². The van der Waals surface area contributed by atoms with Crippen molar-refractivity contribution in [3.8, 4) is 23.1 Å². The third-order valence-corrected chi connectivity index (χ3v) is 5.27. The number of hydrogen-bond donors (Lipinski definition) is 1. The van der Waals surface area contributed by atoms with Gasteiger partial charge in [-0.3, -0.25) is 4.79 Å². The van der Waals surface area contributed by atoms with E-state index in [0.29, 0.717) is 17.8 Å². The van der Waals surface area contributed by atoms with E-state index in [9.17, 15) is 18.0 Å². The Balaban J connectivity index is 1.86. The molecule has 9 heteroatoms. The lowest BCUT2D eigenvalue weighted by molar-refractivity contribution is -0.137. The minimum Gasteiger partial charge on any atom is -0.460 e. The number of benzene rings is 2. The average molecular weight is 503 g/mol. The fourth-order valence-electron chi connectivity index (χ4n) is 4.09. The fourth-order valence-corrected chi connectivity index (χ4v) is 4.09. The Hall–Kier alpha value is -3.36. The minimum atomic E-state index is -4.48. The summed E-state index contributed by atoms with van der Waals surface area (Å²) in [6, 6.07) is 11.9. The van der Waals surface area contributed by atoms with Crippen molar-refractivity contribution in [1.29, 1.82) is 0 Å². The van der Waals surface area contributed by atoms with E-state index >= 15 is 0 Å². The van der Waals surface area contributed by atoms with Crippen molar-refractivity contribution in [2.75, 3.05) is 5.32 Å². The summed E-state index contributed by atoms with van der Waals surface area (Å²) < 4.78 is 46.9. The molecule has 0 aliphatic carbocycles. The van der Waals surface area contributed by atoms with Crippen LogP contribution in [0.1, 0.15) is 59.9 Å². The highest BCUT2D eigenvalue weighted by molar-refractivity contribution is 5.90. The zero-order valence-electron chi connectivity index (χ0n) is 21.5. The summed E-state index contributed by atoms with van der Waals surface area (Å²) in [5.41, 5.74) is 0.800. The lowest BCUT2D eigenvalue weighted by Crippen LogP contribution is -2.18. The maximum Gasteiger partial charge on any atom is 0.416 e. The van der Waals surface area contributed by atoms with Crippen LogP contribution in [0.3, 0.4) is 0 Å². The molecule has 0 radical (unpaired) electrons. The molecular weight excluding hydrogens is 469 g/mol. The standard InChI is InChI=1S/C27H33F3N4O2/c1-17(2)36-25-32-24(19-8-7-9-20(15-19)27(28,29)30)34(33-25)22-12-10-21(11-13-22)31-23(35)14-18(3)16-26(4,5)6/h7-13,15,17-18H,14,16H2,1-6H3,(H,31,35)/t18-/m0/s1. The fraction of sp³-hybridized carbons (Fsp3) is 0.444. The number of carbonyl (C=O) groups is 1. The number of nitrogens with one attached hydrogen (secondary N) is 1. The van der Waals surface area contributed by atoms with E-state index in [1.807, 2.05) is 13.8 Å². The van der Waals surface area contributed by atoms with Gasteiger partial charge in [0.1, 0.15) is 0 Å². The van der Waals surface area contributed by atoms with Crippen LogP contribution in [0.4, 0.5) is 18.9 Å². The molecule has 2 aromatic carbocycles. The van der Waals surface area contributed by atoms with Gasteiger partial charge in [-0.2, -0.15) is 18.2 Å². The summed E-state index contributed by atoms with van der Waals surface area (Å²) in [5, 5.41) is 7.27.